The fourth-order valence-electron chi connectivity index (χ4n) is 1.64. The highest BCUT2D eigenvalue weighted by atomic mass is 16.5. The van der Waals surface area contributed by atoms with Crippen LogP contribution in [0.3, 0.4) is 0 Å². The van der Waals surface area contributed by atoms with Gasteiger partial charge >= 0.3 is 0 Å². The first-order chi connectivity index (χ1) is 7.51. The van der Waals surface area contributed by atoms with Crippen molar-refractivity contribution in [3.63, 3.8) is 0 Å². The lowest BCUT2D eigenvalue weighted by Crippen LogP contribution is -2.13. The molecule has 0 radical (unpaired) electrons. The highest BCUT2D eigenvalue weighted by molar-refractivity contribution is 6.01. The Kier molecular flexibility index (Phi) is 2.70. The molecule has 1 saturated carbocycles. The van der Waals surface area contributed by atoms with Crippen LogP contribution < -0.4 is 4.74 Å². The summed E-state index contributed by atoms with van der Waals surface area (Å²) in [5, 5.41) is 0. The van der Waals surface area contributed by atoms with Crippen molar-refractivity contribution in [2.45, 2.75) is 39.7 Å². The number of carbonyl (C=O) groups is 1. The summed E-state index contributed by atoms with van der Waals surface area (Å²) in [6.07, 6.45) is 5.34. The molecule has 86 valence electrons. The van der Waals surface area contributed by atoms with Crippen molar-refractivity contribution < 1.29 is 9.53 Å². The second-order valence-corrected chi connectivity index (χ2v) is 4.97. The number of ether oxygens (including phenoxy) is 1. The molecule has 0 unspecified atom stereocenters. The summed E-state index contributed by atoms with van der Waals surface area (Å²) in [6.45, 7) is 5.92. The quantitative estimate of drug-likeness (QED) is 0.731. The van der Waals surface area contributed by atoms with E-state index < -0.39 is 0 Å². The molecular weight excluding hydrogens is 202 g/mol. The molecule has 1 aromatic rings. The Morgan fingerprint density at radius 3 is 2.69 bits per heavy atom. The molecule has 0 spiro atoms. The molecule has 0 N–H and O–H groups in total. The van der Waals surface area contributed by atoms with Gasteiger partial charge in [0.05, 0.1) is 12.3 Å². The summed E-state index contributed by atoms with van der Waals surface area (Å²) in [7, 11) is 0. The van der Waals surface area contributed by atoms with E-state index in [0.29, 0.717) is 11.3 Å². The van der Waals surface area contributed by atoms with Gasteiger partial charge in [0.2, 0.25) is 0 Å². The van der Waals surface area contributed by atoms with E-state index in [1.807, 2.05) is 20.8 Å². The van der Waals surface area contributed by atoms with Gasteiger partial charge in [0, 0.05) is 17.2 Å². The monoisotopic (exact) mass is 219 g/mol. The molecule has 1 fully saturated rings. The molecule has 0 atom stereocenters. The van der Waals surface area contributed by atoms with E-state index in [1.54, 1.807) is 18.5 Å². The lowest BCUT2D eigenvalue weighted by Gasteiger charge is -2.11. The summed E-state index contributed by atoms with van der Waals surface area (Å²) < 4.78 is 5.52. The Morgan fingerprint density at radius 1 is 1.44 bits per heavy atom. The van der Waals surface area contributed by atoms with E-state index in [0.717, 1.165) is 12.8 Å². The first-order valence-electron chi connectivity index (χ1n) is 5.68. The summed E-state index contributed by atoms with van der Waals surface area (Å²) in [5.74, 6) is 0.860. The third-order valence-corrected chi connectivity index (χ3v) is 2.90. The van der Waals surface area contributed by atoms with Crippen molar-refractivity contribution >= 4 is 5.78 Å². The molecule has 1 aromatic heterocycles. The van der Waals surface area contributed by atoms with Gasteiger partial charge in [-0.3, -0.25) is 9.78 Å². The van der Waals surface area contributed by atoms with Crippen molar-refractivity contribution in [2.75, 3.05) is 0 Å². The van der Waals surface area contributed by atoms with Gasteiger partial charge in [-0.25, -0.2) is 0 Å². The third kappa shape index (κ3) is 2.23. The Balaban J connectivity index is 2.19. The number of aromatic nitrogens is 1. The number of pyridine rings is 1. The molecule has 0 aliphatic heterocycles. The van der Waals surface area contributed by atoms with Crippen molar-refractivity contribution in [2.24, 2.45) is 5.41 Å². The zero-order valence-corrected chi connectivity index (χ0v) is 9.99. The van der Waals surface area contributed by atoms with E-state index >= 15 is 0 Å². The standard InChI is InChI=1S/C13H17NO2/c1-9(2)16-11-6-10(7-14-8-11)12(15)13(3)4-5-13/h6-9H,4-5H2,1-3H3. The van der Waals surface area contributed by atoms with Gasteiger partial charge in [0.15, 0.2) is 5.78 Å². The van der Waals surface area contributed by atoms with Crippen LogP contribution in [-0.4, -0.2) is 16.9 Å². The van der Waals surface area contributed by atoms with Crippen LogP contribution >= 0.6 is 0 Å². The summed E-state index contributed by atoms with van der Waals surface area (Å²) in [4.78, 5) is 16.1. The van der Waals surface area contributed by atoms with Gasteiger partial charge in [-0.2, -0.15) is 0 Å². The summed E-state index contributed by atoms with van der Waals surface area (Å²) in [5.41, 5.74) is 0.524. The van der Waals surface area contributed by atoms with Crippen LogP contribution in [0.4, 0.5) is 0 Å². The molecule has 3 nitrogen and oxygen atoms in total. The Labute approximate surface area is 95.8 Å². The second kappa shape index (κ2) is 3.89. The Hall–Kier alpha value is -1.38. The number of rotatable bonds is 4. The molecule has 3 heteroatoms. The highest BCUT2D eigenvalue weighted by Gasteiger charge is 2.45. The lowest BCUT2D eigenvalue weighted by atomic mass is 9.98. The number of carbonyl (C=O) groups excluding carboxylic acids is 1. The molecular formula is C13H17NO2. The third-order valence-electron chi connectivity index (χ3n) is 2.90. The van der Waals surface area contributed by atoms with E-state index in [2.05, 4.69) is 4.98 Å². The average molecular weight is 219 g/mol. The predicted octanol–water partition coefficient (Wildman–Crippen LogP) is 2.85. The van der Waals surface area contributed by atoms with Gasteiger partial charge in [0.1, 0.15) is 5.75 Å². The molecule has 0 aromatic carbocycles. The first kappa shape index (κ1) is 11.1. The van der Waals surface area contributed by atoms with Crippen molar-refractivity contribution in [3.8, 4) is 5.75 Å². The fourth-order valence-corrected chi connectivity index (χ4v) is 1.64. The van der Waals surface area contributed by atoms with Gasteiger partial charge in [-0.1, -0.05) is 6.92 Å². The van der Waals surface area contributed by atoms with Crippen LogP contribution in [0.1, 0.15) is 44.0 Å². The SMILES string of the molecule is CC(C)Oc1cncc(C(=O)C2(C)CC2)c1. The summed E-state index contributed by atoms with van der Waals surface area (Å²) >= 11 is 0. The molecule has 0 amide bonds. The lowest BCUT2D eigenvalue weighted by molar-refractivity contribution is 0.0911. The van der Waals surface area contributed by atoms with Gasteiger partial charge < -0.3 is 4.74 Å². The molecule has 1 heterocycles. The number of Topliss-reactive ketones (excluding diaryl/α,β-unsaturated/α-hetero) is 1. The van der Waals surface area contributed by atoms with Crippen LogP contribution in [0.15, 0.2) is 18.5 Å². The predicted molar refractivity (Wildman–Crippen MR) is 61.7 cm³/mol. The van der Waals surface area contributed by atoms with Gasteiger partial charge in [-0.15, -0.1) is 0 Å². The molecule has 0 bridgehead atoms. The average Bonchev–Trinajstić information content (AvgIpc) is 2.96. The van der Waals surface area contributed by atoms with Crippen LogP contribution in [0, 0.1) is 5.41 Å². The van der Waals surface area contributed by atoms with Gasteiger partial charge in [-0.05, 0) is 32.8 Å². The normalized spacial score (nSPS) is 17.2. The number of hydrogen-bond donors (Lipinski definition) is 0. The minimum atomic E-state index is -0.141. The van der Waals surface area contributed by atoms with Crippen molar-refractivity contribution in [1.82, 2.24) is 4.98 Å². The minimum Gasteiger partial charge on any atom is -0.489 e. The summed E-state index contributed by atoms with van der Waals surface area (Å²) in [6, 6.07) is 1.79. The molecule has 16 heavy (non-hydrogen) atoms. The maximum atomic E-state index is 12.1. The first-order valence-corrected chi connectivity index (χ1v) is 5.68. The number of hydrogen-bond acceptors (Lipinski definition) is 3. The minimum absolute atomic E-state index is 0.101. The topological polar surface area (TPSA) is 39.2 Å². The number of nitrogens with zero attached hydrogens (tertiary/aromatic N) is 1. The van der Waals surface area contributed by atoms with Crippen LogP contribution in [0.5, 0.6) is 5.75 Å². The van der Waals surface area contributed by atoms with E-state index in [9.17, 15) is 4.79 Å². The molecule has 2 rings (SSSR count). The van der Waals surface area contributed by atoms with Crippen LogP contribution in [0.2, 0.25) is 0 Å². The Morgan fingerprint density at radius 2 is 2.12 bits per heavy atom. The van der Waals surface area contributed by atoms with Crippen molar-refractivity contribution in [1.29, 1.82) is 0 Å². The van der Waals surface area contributed by atoms with E-state index in [4.69, 9.17) is 4.74 Å². The second-order valence-electron chi connectivity index (χ2n) is 4.97. The zero-order chi connectivity index (χ0) is 11.8. The number of ketones is 1. The maximum Gasteiger partial charge on any atom is 0.170 e. The highest BCUT2D eigenvalue weighted by Crippen LogP contribution is 2.47. The fraction of sp³-hybridized carbons (Fsp3) is 0.538. The maximum absolute atomic E-state index is 12.1. The van der Waals surface area contributed by atoms with E-state index in [-0.39, 0.29) is 17.3 Å². The van der Waals surface area contributed by atoms with Gasteiger partial charge in [0.25, 0.3) is 0 Å². The molecule has 1 aliphatic carbocycles. The van der Waals surface area contributed by atoms with Crippen molar-refractivity contribution in [3.05, 3.63) is 24.0 Å². The van der Waals surface area contributed by atoms with Crippen LogP contribution in [-0.2, 0) is 0 Å². The largest absolute Gasteiger partial charge is 0.489 e. The van der Waals surface area contributed by atoms with E-state index in [1.165, 1.54) is 0 Å². The van der Waals surface area contributed by atoms with Crippen LogP contribution in [0.25, 0.3) is 0 Å². The zero-order valence-electron chi connectivity index (χ0n) is 9.99. The Bertz CT molecular complexity index is 408. The molecule has 1 aliphatic rings. The molecule has 0 saturated heterocycles. The smallest absolute Gasteiger partial charge is 0.170 e.